The molecule has 0 radical (unpaired) electrons. The van der Waals surface area contributed by atoms with Crippen LogP contribution in [0.25, 0.3) is 0 Å². The highest BCUT2D eigenvalue weighted by molar-refractivity contribution is 14.1. The second-order valence-corrected chi connectivity index (χ2v) is 10.3. The molecule has 0 saturated carbocycles. The molecule has 0 aliphatic carbocycles. The molecule has 0 N–H and O–H groups in total. The van der Waals surface area contributed by atoms with Crippen molar-refractivity contribution in [3.63, 3.8) is 0 Å². The van der Waals surface area contributed by atoms with Crippen molar-refractivity contribution < 1.29 is 19.1 Å². The highest BCUT2D eigenvalue weighted by atomic mass is 127. The number of ether oxygens (including phenoxy) is 2. The van der Waals surface area contributed by atoms with Crippen molar-refractivity contribution in [3.8, 4) is 0 Å². The number of carbonyl (C=O) groups excluding carboxylic acids is 2. The molecular formula is C21H31IN2O4. The van der Waals surface area contributed by atoms with Gasteiger partial charge in [0.2, 0.25) is 0 Å². The van der Waals surface area contributed by atoms with E-state index in [1.807, 2.05) is 54.5 Å². The van der Waals surface area contributed by atoms with Gasteiger partial charge in [-0.1, -0.05) is 0 Å². The quantitative estimate of drug-likeness (QED) is 0.437. The Morgan fingerprint density at radius 1 is 0.929 bits per heavy atom. The monoisotopic (exact) mass is 502 g/mol. The van der Waals surface area contributed by atoms with Gasteiger partial charge in [0.05, 0.1) is 5.56 Å². The van der Waals surface area contributed by atoms with E-state index in [9.17, 15) is 9.59 Å². The Morgan fingerprint density at radius 3 is 1.96 bits per heavy atom. The van der Waals surface area contributed by atoms with Gasteiger partial charge in [0.25, 0.3) is 0 Å². The number of carbonyl (C=O) groups is 2. The lowest BCUT2D eigenvalue weighted by atomic mass is 10.0. The van der Waals surface area contributed by atoms with Crippen molar-refractivity contribution in [2.45, 2.75) is 59.7 Å². The summed E-state index contributed by atoms with van der Waals surface area (Å²) in [4.78, 5) is 28.9. The standard InChI is InChI=1S/C21H31IN2O4/c1-14-16(18(25)27-20(2,3)4)12-15(22)13-17(14)23-8-10-24(11-9-23)19(26)28-21(5,6)7/h12-13H,8-11H2,1-7H3. The van der Waals surface area contributed by atoms with Gasteiger partial charge in [-0.15, -0.1) is 0 Å². The Balaban J connectivity index is 2.15. The molecule has 6 nitrogen and oxygen atoms in total. The number of esters is 1. The van der Waals surface area contributed by atoms with Crippen LogP contribution >= 0.6 is 22.6 Å². The van der Waals surface area contributed by atoms with Gasteiger partial charge in [0.1, 0.15) is 11.2 Å². The van der Waals surface area contributed by atoms with Gasteiger partial charge >= 0.3 is 12.1 Å². The fourth-order valence-corrected chi connectivity index (χ4v) is 3.60. The van der Waals surface area contributed by atoms with E-state index < -0.39 is 11.2 Å². The number of hydrogen-bond acceptors (Lipinski definition) is 5. The van der Waals surface area contributed by atoms with Crippen molar-refractivity contribution in [1.82, 2.24) is 4.90 Å². The summed E-state index contributed by atoms with van der Waals surface area (Å²) in [5.41, 5.74) is 1.47. The minimum Gasteiger partial charge on any atom is -0.456 e. The molecule has 1 heterocycles. The highest BCUT2D eigenvalue weighted by Gasteiger charge is 2.28. The van der Waals surface area contributed by atoms with Crippen molar-refractivity contribution in [1.29, 1.82) is 0 Å². The molecule has 1 amide bonds. The smallest absolute Gasteiger partial charge is 0.410 e. The van der Waals surface area contributed by atoms with Crippen LogP contribution in [0.3, 0.4) is 0 Å². The molecule has 0 bridgehead atoms. The van der Waals surface area contributed by atoms with E-state index in [2.05, 4.69) is 33.6 Å². The summed E-state index contributed by atoms with van der Waals surface area (Å²) < 4.78 is 12.0. The Labute approximate surface area is 181 Å². The molecular weight excluding hydrogens is 471 g/mol. The number of nitrogens with zero attached hydrogens (tertiary/aromatic N) is 2. The molecule has 1 aliphatic heterocycles. The topological polar surface area (TPSA) is 59.1 Å². The van der Waals surface area contributed by atoms with Gasteiger partial charge in [-0.3, -0.25) is 0 Å². The molecule has 0 atom stereocenters. The van der Waals surface area contributed by atoms with Crippen LogP contribution in [-0.4, -0.2) is 54.3 Å². The average molecular weight is 502 g/mol. The third-order valence-electron chi connectivity index (χ3n) is 4.24. The van der Waals surface area contributed by atoms with Gasteiger partial charge in [0, 0.05) is 35.4 Å². The Kier molecular flexibility index (Phi) is 6.89. The molecule has 1 aliphatic rings. The number of piperazine rings is 1. The number of benzene rings is 1. The van der Waals surface area contributed by atoms with Crippen LogP contribution in [0.15, 0.2) is 12.1 Å². The number of anilines is 1. The van der Waals surface area contributed by atoms with Crippen LogP contribution in [-0.2, 0) is 9.47 Å². The molecule has 1 aromatic rings. The van der Waals surface area contributed by atoms with Crippen LogP contribution in [0.5, 0.6) is 0 Å². The second kappa shape index (κ2) is 8.47. The van der Waals surface area contributed by atoms with Crippen molar-refractivity contribution in [2.75, 3.05) is 31.1 Å². The molecule has 156 valence electrons. The summed E-state index contributed by atoms with van der Waals surface area (Å²) in [7, 11) is 0. The van der Waals surface area contributed by atoms with Crippen molar-refractivity contribution in [2.24, 2.45) is 0 Å². The van der Waals surface area contributed by atoms with Crippen LogP contribution in [0.1, 0.15) is 57.5 Å². The van der Waals surface area contributed by atoms with E-state index in [0.29, 0.717) is 31.7 Å². The first kappa shape index (κ1) is 22.8. The lowest BCUT2D eigenvalue weighted by molar-refractivity contribution is 0.00682. The molecule has 2 rings (SSSR count). The minimum atomic E-state index is -0.538. The predicted molar refractivity (Wildman–Crippen MR) is 119 cm³/mol. The van der Waals surface area contributed by atoms with Gasteiger partial charge in [-0.25, -0.2) is 9.59 Å². The van der Waals surface area contributed by atoms with E-state index in [1.54, 1.807) is 4.90 Å². The van der Waals surface area contributed by atoms with Gasteiger partial charge in [-0.2, -0.15) is 0 Å². The summed E-state index contributed by atoms with van der Waals surface area (Å²) in [6.07, 6.45) is -0.277. The molecule has 0 aromatic heterocycles. The maximum atomic E-state index is 12.6. The van der Waals surface area contributed by atoms with Crippen LogP contribution in [0, 0.1) is 10.5 Å². The third kappa shape index (κ3) is 6.25. The SMILES string of the molecule is Cc1c(C(=O)OC(C)(C)C)cc(I)cc1N1CCN(C(=O)OC(C)(C)C)CC1. The molecule has 0 unspecified atom stereocenters. The molecule has 1 saturated heterocycles. The zero-order valence-corrected chi connectivity index (χ0v) is 20.0. The Bertz CT molecular complexity index is 742. The fourth-order valence-electron chi connectivity index (χ4n) is 2.99. The van der Waals surface area contributed by atoms with Crippen LogP contribution in [0.2, 0.25) is 0 Å². The van der Waals surface area contributed by atoms with Crippen molar-refractivity contribution in [3.05, 3.63) is 26.8 Å². The maximum Gasteiger partial charge on any atom is 0.410 e. The van der Waals surface area contributed by atoms with E-state index in [-0.39, 0.29) is 12.1 Å². The number of amides is 1. The van der Waals surface area contributed by atoms with Gasteiger partial charge in [0.15, 0.2) is 0 Å². The zero-order valence-electron chi connectivity index (χ0n) is 17.9. The largest absolute Gasteiger partial charge is 0.456 e. The Hall–Kier alpha value is -1.51. The number of rotatable bonds is 2. The first-order valence-corrected chi connectivity index (χ1v) is 10.6. The predicted octanol–water partition coefficient (Wildman–Crippen LogP) is 4.61. The minimum absolute atomic E-state index is 0.277. The maximum absolute atomic E-state index is 12.6. The van der Waals surface area contributed by atoms with E-state index >= 15 is 0 Å². The molecule has 28 heavy (non-hydrogen) atoms. The van der Waals surface area contributed by atoms with Crippen LogP contribution in [0.4, 0.5) is 10.5 Å². The fraction of sp³-hybridized carbons (Fsp3) is 0.619. The summed E-state index contributed by atoms with van der Waals surface area (Å²) in [5, 5.41) is 0. The summed E-state index contributed by atoms with van der Waals surface area (Å²) in [5.74, 6) is -0.308. The molecule has 0 spiro atoms. The van der Waals surface area contributed by atoms with Crippen molar-refractivity contribution >= 4 is 40.3 Å². The highest BCUT2D eigenvalue weighted by Crippen LogP contribution is 2.29. The van der Waals surface area contributed by atoms with Gasteiger partial charge in [-0.05, 0) is 88.8 Å². The first-order chi connectivity index (χ1) is 12.8. The molecule has 1 fully saturated rings. The lowest BCUT2D eigenvalue weighted by Crippen LogP contribution is -2.50. The number of hydrogen-bond donors (Lipinski definition) is 0. The molecule has 1 aromatic carbocycles. The first-order valence-electron chi connectivity index (χ1n) is 9.53. The van der Waals surface area contributed by atoms with E-state index in [0.717, 1.165) is 14.8 Å². The summed E-state index contributed by atoms with van der Waals surface area (Å²) in [6, 6.07) is 3.94. The lowest BCUT2D eigenvalue weighted by Gasteiger charge is -2.37. The van der Waals surface area contributed by atoms with Crippen LogP contribution < -0.4 is 4.90 Å². The van der Waals surface area contributed by atoms with E-state index in [4.69, 9.17) is 9.47 Å². The normalized spacial score (nSPS) is 15.4. The zero-order chi connectivity index (χ0) is 21.3. The number of halogens is 1. The summed E-state index contributed by atoms with van der Waals surface area (Å²) >= 11 is 2.22. The molecule has 7 heteroatoms. The second-order valence-electron chi connectivity index (χ2n) is 9.05. The third-order valence-corrected chi connectivity index (χ3v) is 4.86. The Morgan fingerprint density at radius 2 is 1.46 bits per heavy atom. The summed E-state index contributed by atoms with van der Waals surface area (Å²) in [6.45, 7) is 15.7. The van der Waals surface area contributed by atoms with E-state index in [1.165, 1.54) is 0 Å². The average Bonchev–Trinajstić information content (AvgIpc) is 2.53. The van der Waals surface area contributed by atoms with Gasteiger partial charge < -0.3 is 19.3 Å².